The molecule has 0 amide bonds. The second-order valence-electron chi connectivity index (χ2n) is 16.8. The van der Waals surface area contributed by atoms with E-state index in [0.29, 0.717) is 0 Å². The molecule has 11 aromatic carbocycles. The van der Waals surface area contributed by atoms with Crippen molar-refractivity contribution in [1.29, 1.82) is 0 Å². The first kappa shape index (κ1) is 37.5. The van der Waals surface area contributed by atoms with Gasteiger partial charge in [0.1, 0.15) is 0 Å². The SMILES string of the molecule is c1ccc(-c2cc(-c3ccccc3)cc(-c3ccc(N(c4cccc5c4-c4ccccc4C5(c4ccccc4)c4ccccc4)c4cccc5ccc6ccccc6c45)cc3)c2)cc1. The minimum Gasteiger partial charge on any atom is -0.309 e. The van der Waals surface area contributed by atoms with Gasteiger partial charge in [-0.2, -0.15) is 0 Å². The van der Waals surface area contributed by atoms with Crippen LogP contribution in [0.2, 0.25) is 0 Å². The maximum absolute atomic E-state index is 2.52. The van der Waals surface area contributed by atoms with Gasteiger partial charge in [0.25, 0.3) is 0 Å². The fourth-order valence-corrected chi connectivity index (χ4v) is 10.5. The van der Waals surface area contributed by atoms with Gasteiger partial charge < -0.3 is 4.90 Å². The van der Waals surface area contributed by atoms with Gasteiger partial charge >= 0.3 is 0 Å². The van der Waals surface area contributed by atoms with Gasteiger partial charge in [0.05, 0.1) is 16.8 Å². The van der Waals surface area contributed by atoms with Crippen LogP contribution in [0.3, 0.4) is 0 Å². The molecule has 11 aromatic rings. The average molecular weight is 814 g/mol. The molecule has 0 aliphatic heterocycles. The minimum absolute atomic E-state index is 0.522. The third-order valence-electron chi connectivity index (χ3n) is 13.3. The molecule has 1 aliphatic carbocycles. The van der Waals surface area contributed by atoms with Crippen molar-refractivity contribution in [2.24, 2.45) is 0 Å². The summed E-state index contributed by atoms with van der Waals surface area (Å²) in [5.41, 5.74) is 17.6. The fourth-order valence-electron chi connectivity index (χ4n) is 10.5. The van der Waals surface area contributed by atoms with E-state index in [9.17, 15) is 0 Å². The molecule has 0 spiro atoms. The minimum atomic E-state index is -0.522. The molecule has 0 radical (unpaired) electrons. The van der Waals surface area contributed by atoms with E-state index in [-0.39, 0.29) is 0 Å². The lowest BCUT2D eigenvalue weighted by Gasteiger charge is -2.34. The van der Waals surface area contributed by atoms with Gasteiger partial charge in [-0.25, -0.2) is 0 Å². The Labute approximate surface area is 374 Å². The normalized spacial score (nSPS) is 12.5. The Morgan fingerprint density at radius 1 is 0.297 bits per heavy atom. The number of fused-ring (bicyclic) bond motifs is 6. The molecule has 0 saturated carbocycles. The number of anilines is 3. The third kappa shape index (κ3) is 6.08. The first-order valence-electron chi connectivity index (χ1n) is 22.2. The van der Waals surface area contributed by atoms with E-state index in [1.165, 1.54) is 82.7 Å². The summed E-state index contributed by atoms with van der Waals surface area (Å²) in [6.45, 7) is 0. The number of nitrogens with zero attached hydrogens (tertiary/aromatic N) is 1. The van der Waals surface area contributed by atoms with Crippen molar-refractivity contribution in [2.45, 2.75) is 5.41 Å². The van der Waals surface area contributed by atoms with E-state index in [1.807, 2.05) is 0 Å². The summed E-state index contributed by atoms with van der Waals surface area (Å²) in [5, 5.41) is 4.90. The molecule has 0 heterocycles. The topological polar surface area (TPSA) is 3.24 Å². The van der Waals surface area contributed by atoms with Crippen molar-refractivity contribution < 1.29 is 0 Å². The molecule has 0 aromatic heterocycles. The zero-order valence-corrected chi connectivity index (χ0v) is 35.3. The maximum atomic E-state index is 2.52. The summed E-state index contributed by atoms with van der Waals surface area (Å²) in [7, 11) is 0. The number of rotatable bonds is 8. The summed E-state index contributed by atoms with van der Waals surface area (Å²) in [5.74, 6) is 0. The van der Waals surface area contributed by atoms with Crippen LogP contribution in [0.15, 0.2) is 261 Å². The molecule has 12 rings (SSSR count). The van der Waals surface area contributed by atoms with Crippen LogP contribution < -0.4 is 4.90 Å². The summed E-state index contributed by atoms with van der Waals surface area (Å²) < 4.78 is 0. The molecule has 0 fully saturated rings. The average Bonchev–Trinajstić information content (AvgIpc) is 3.69. The maximum Gasteiger partial charge on any atom is 0.0714 e. The summed E-state index contributed by atoms with van der Waals surface area (Å²) in [4.78, 5) is 2.52. The van der Waals surface area contributed by atoms with Crippen LogP contribution in [0.25, 0.3) is 66.1 Å². The highest BCUT2D eigenvalue weighted by atomic mass is 15.1. The van der Waals surface area contributed by atoms with Crippen LogP contribution in [-0.4, -0.2) is 0 Å². The van der Waals surface area contributed by atoms with Gasteiger partial charge in [0, 0.05) is 16.6 Å². The predicted molar refractivity (Wildman–Crippen MR) is 270 cm³/mol. The van der Waals surface area contributed by atoms with Gasteiger partial charge in [-0.1, -0.05) is 218 Å². The molecule has 0 unspecified atom stereocenters. The Kier molecular flexibility index (Phi) is 9.13. The fraction of sp³-hybridized carbons (Fsp3) is 0.0159. The van der Waals surface area contributed by atoms with Crippen LogP contribution in [0, 0.1) is 0 Å². The monoisotopic (exact) mass is 813 g/mol. The second-order valence-corrected chi connectivity index (χ2v) is 16.8. The molecule has 1 aliphatic rings. The van der Waals surface area contributed by atoms with E-state index < -0.39 is 5.41 Å². The van der Waals surface area contributed by atoms with Gasteiger partial charge in [-0.15, -0.1) is 0 Å². The van der Waals surface area contributed by atoms with Crippen LogP contribution in [0.5, 0.6) is 0 Å². The zero-order chi connectivity index (χ0) is 42.5. The molecular weight excluding hydrogens is 771 g/mol. The van der Waals surface area contributed by atoms with Crippen LogP contribution in [-0.2, 0) is 5.41 Å². The van der Waals surface area contributed by atoms with Crippen molar-refractivity contribution in [2.75, 3.05) is 4.90 Å². The number of hydrogen-bond acceptors (Lipinski definition) is 1. The predicted octanol–water partition coefficient (Wildman–Crippen LogP) is 16.8. The van der Waals surface area contributed by atoms with Crippen LogP contribution in [0.1, 0.15) is 22.3 Å². The largest absolute Gasteiger partial charge is 0.309 e. The van der Waals surface area contributed by atoms with Gasteiger partial charge in [-0.3, -0.25) is 0 Å². The molecule has 0 atom stereocenters. The summed E-state index contributed by atoms with van der Waals surface area (Å²) in [6, 6.07) is 95.9. The van der Waals surface area contributed by atoms with E-state index in [2.05, 4.69) is 266 Å². The molecule has 300 valence electrons. The Balaban J connectivity index is 1.11. The van der Waals surface area contributed by atoms with Crippen molar-refractivity contribution in [3.8, 4) is 44.5 Å². The highest BCUT2D eigenvalue weighted by Gasteiger charge is 2.47. The lowest BCUT2D eigenvalue weighted by molar-refractivity contribution is 0.768. The summed E-state index contributed by atoms with van der Waals surface area (Å²) >= 11 is 0. The standard InChI is InChI=1S/C63H43N/c1-5-19-44(20-6-1)49-41-50(45-21-7-2-8-22-45)43-51(42-49)46-37-39-54(40-38-46)64(59-33-17-24-48-36-35-47-23-13-14-29-55(47)61(48)59)60-34-18-32-58-62(60)56-30-15-16-31-57(56)63(58,52-25-9-3-10-26-52)53-27-11-4-12-28-53/h1-43H. The molecule has 1 heteroatoms. The highest BCUT2D eigenvalue weighted by molar-refractivity contribution is 6.16. The van der Waals surface area contributed by atoms with E-state index in [4.69, 9.17) is 0 Å². The Bertz CT molecular complexity index is 3370. The molecule has 0 saturated heterocycles. The zero-order valence-electron chi connectivity index (χ0n) is 35.3. The van der Waals surface area contributed by atoms with E-state index in [1.54, 1.807) is 0 Å². The Morgan fingerprint density at radius 2 is 0.766 bits per heavy atom. The number of benzene rings is 11. The number of hydrogen-bond donors (Lipinski definition) is 0. The molecular formula is C63H43N. The first-order chi connectivity index (χ1) is 31.8. The van der Waals surface area contributed by atoms with Gasteiger partial charge in [-0.05, 0) is 120 Å². The van der Waals surface area contributed by atoms with Crippen LogP contribution >= 0.6 is 0 Å². The van der Waals surface area contributed by atoms with Crippen molar-refractivity contribution in [3.05, 3.63) is 283 Å². The Hall–Kier alpha value is -8.26. The lowest BCUT2D eigenvalue weighted by Crippen LogP contribution is -2.28. The smallest absolute Gasteiger partial charge is 0.0714 e. The molecule has 64 heavy (non-hydrogen) atoms. The lowest BCUT2D eigenvalue weighted by atomic mass is 9.68. The molecule has 0 N–H and O–H groups in total. The second kappa shape index (κ2) is 15.6. The van der Waals surface area contributed by atoms with E-state index >= 15 is 0 Å². The van der Waals surface area contributed by atoms with Crippen molar-refractivity contribution >= 4 is 38.6 Å². The first-order valence-corrected chi connectivity index (χ1v) is 22.2. The van der Waals surface area contributed by atoms with Gasteiger partial charge in [0.15, 0.2) is 0 Å². The van der Waals surface area contributed by atoms with E-state index in [0.717, 1.165) is 22.6 Å². The molecule has 1 nitrogen and oxygen atoms in total. The van der Waals surface area contributed by atoms with Crippen molar-refractivity contribution in [1.82, 2.24) is 0 Å². The van der Waals surface area contributed by atoms with Crippen LogP contribution in [0.4, 0.5) is 17.1 Å². The molecule has 0 bridgehead atoms. The highest BCUT2D eigenvalue weighted by Crippen LogP contribution is 2.60. The van der Waals surface area contributed by atoms with Gasteiger partial charge in [0.2, 0.25) is 0 Å². The quantitative estimate of drug-likeness (QED) is 0.138. The third-order valence-corrected chi connectivity index (χ3v) is 13.3. The van der Waals surface area contributed by atoms with Crippen molar-refractivity contribution in [3.63, 3.8) is 0 Å². The summed E-state index contributed by atoms with van der Waals surface area (Å²) in [6.07, 6.45) is 0. The Morgan fingerprint density at radius 3 is 1.41 bits per heavy atom.